The predicted molar refractivity (Wildman–Crippen MR) is 129 cm³/mol. The van der Waals surface area contributed by atoms with Crippen molar-refractivity contribution in [3.63, 3.8) is 0 Å². The van der Waals surface area contributed by atoms with Gasteiger partial charge in [0.1, 0.15) is 13.2 Å². The fraction of sp³-hybridized carbons (Fsp3) is 0.348. The lowest BCUT2D eigenvalue weighted by Crippen LogP contribution is -2.20. The number of thiazole rings is 1. The van der Waals surface area contributed by atoms with Crippen LogP contribution in [0.2, 0.25) is 5.02 Å². The van der Waals surface area contributed by atoms with Crippen LogP contribution in [0.1, 0.15) is 19.8 Å². The van der Waals surface area contributed by atoms with Gasteiger partial charge in [0.25, 0.3) is 0 Å². The molecule has 0 N–H and O–H groups in total. The standard InChI is InChI=1S/C23H23ClN2O5S2/c1-2-29-22(28)7-9-26-17-13-18-19(31-11-10-30-18)14-20(17)33-23(26)25-21(27)8-12-32-16-5-3-15(24)4-6-16/h3-6,13-14H,2,7-12H2,1H3. The highest BCUT2D eigenvalue weighted by molar-refractivity contribution is 7.99. The highest BCUT2D eigenvalue weighted by Gasteiger charge is 2.17. The summed E-state index contributed by atoms with van der Waals surface area (Å²) in [6.07, 6.45) is 0.476. The van der Waals surface area contributed by atoms with Crippen LogP contribution in [0.5, 0.6) is 11.5 Å². The second kappa shape index (κ2) is 11.1. The molecule has 0 radical (unpaired) electrons. The molecule has 2 heterocycles. The summed E-state index contributed by atoms with van der Waals surface area (Å²) in [5, 5.41) is 0.681. The Morgan fingerprint density at radius 2 is 1.88 bits per heavy atom. The molecule has 0 bridgehead atoms. The molecule has 33 heavy (non-hydrogen) atoms. The SMILES string of the molecule is CCOC(=O)CCn1c(=NC(=O)CCSc2ccc(Cl)cc2)sc2cc3c(cc21)OCCO3. The van der Waals surface area contributed by atoms with Gasteiger partial charge >= 0.3 is 5.97 Å². The number of esters is 1. The van der Waals surface area contributed by atoms with E-state index in [-0.39, 0.29) is 18.3 Å². The Balaban J connectivity index is 1.56. The first kappa shape index (κ1) is 23.7. The molecule has 0 saturated carbocycles. The number of rotatable bonds is 8. The first-order chi connectivity index (χ1) is 16.0. The molecule has 174 valence electrons. The third-order valence-electron chi connectivity index (χ3n) is 4.81. The van der Waals surface area contributed by atoms with Gasteiger partial charge in [0.15, 0.2) is 16.3 Å². The first-order valence-corrected chi connectivity index (χ1v) is 12.8. The van der Waals surface area contributed by atoms with Gasteiger partial charge in [-0.05, 0) is 31.2 Å². The molecule has 0 atom stereocenters. The minimum Gasteiger partial charge on any atom is -0.486 e. The third-order valence-corrected chi connectivity index (χ3v) is 7.12. The van der Waals surface area contributed by atoms with Crippen molar-refractivity contribution in [1.29, 1.82) is 0 Å². The number of halogens is 1. The van der Waals surface area contributed by atoms with Crippen LogP contribution in [0.25, 0.3) is 10.2 Å². The summed E-state index contributed by atoms with van der Waals surface area (Å²) in [5.41, 5.74) is 0.843. The number of amides is 1. The fourth-order valence-electron chi connectivity index (χ4n) is 3.29. The summed E-state index contributed by atoms with van der Waals surface area (Å²) in [4.78, 5) is 30.5. The highest BCUT2D eigenvalue weighted by Crippen LogP contribution is 2.35. The molecule has 3 aromatic rings. The van der Waals surface area contributed by atoms with Crippen LogP contribution in [0.4, 0.5) is 0 Å². The number of ether oxygens (including phenoxy) is 3. The monoisotopic (exact) mass is 506 g/mol. The number of thioether (sulfide) groups is 1. The number of fused-ring (bicyclic) bond motifs is 2. The molecule has 7 nitrogen and oxygen atoms in total. The van der Waals surface area contributed by atoms with Gasteiger partial charge in [-0.15, -0.1) is 11.8 Å². The molecule has 2 aromatic carbocycles. The van der Waals surface area contributed by atoms with Crippen molar-refractivity contribution in [3.8, 4) is 11.5 Å². The average Bonchev–Trinajstić information content (AvgIpc) is 3.13. The van der Waals surface area contributed by atoms with Gasteiger partial charge in [-0.25, -0.2) is 0 Å². The molecule has 0 spiro atoms. The maximum Gasteiger partial charge on any atom is 0.307 e. The van der Waals surface area contributed by atoms with Crippen molar-refractivity contribution in [2.75, 3.05) is 25.6 Å². The normalized spacial score (nSPS) is 13.3. The van der Waals surface area contributed by atoms with Gasteiger partial charge in [0, 0.05) is 40.8 Å². The van der Waals surface area contributed by atoms with Gasteiger partial charge in [-0.2, -0.15) is 4.99 Å². The molecule has 0 aliphatic carbocycles. The highest BCUT2D eigenvalue weighted by atomic mass is 35.5. The summed E-state index contributed by atoms with van der Waals surface area (Å²) in [5.74, 6) is 1.41. The molecule has 0 saturated heterocycles. The van der Waals surface area contributed by atoms with Gasteiger partial charge < -0.3 is 18.8 Å². The van der Waals surface area contributed by atoms with Crippen LogP contribution in [0, 0.1) is 0 Å². The van der Waals surface area contributed by atoms with Gasteiger partial charge in [-0.1, -0.05) is 22.9 Å². The van der Waals surface area contributed by atoms with E-state index in [4.69, 9.17) is 25.8 Å². The van der Waals surface area contributed by atoms with E-state index in [0.29, 0.717) is 59.9 Å². The maximum atomic E-state index is 12.6. The van der Waals surface area contributed by atoms with E-state index < -0.39 is 0 Å². The maximum absolute atomic E-state index is 12.6. The van der Waals surface area contributed by atoms with E-state index in [1.807, 2.05) is 41.0 Å². The van der Waals surface area contributed by atoms with E-state index in [9.17, 15) is 9.59 Å². The third kappa shape index (κ3) is 6.10. The van der Waals surface area contributed by atoms with Crippen molar-refractivity contribution >= 4 is 56.8 Å². The van der Waals surface area contributed by atoms with E-state index >= 15 is 0 Å². The summed E-state index contributed by atoms with van der Waals surface area (Å²) in [6, 6.07) is 11.3. The van der Waals surface area contributed by atoms with Crippen LogP contribution in [0.15, 0.2) is 46.3 Å². The molecular formula is C23H23ClN2O5S2. The van der Waals surface area contributed by atoms with Crippen LogP contribution in [0.3, 0.4) is 0 Å². The second-order valence-corrected chi connectivity index (χ2v) is 9.73. The number of hydrogen-bond acceptors (Lipinski definition) is 7. The number of aromatic nitrogens is 1. The van der Waals surface area contributed by atoms with Crippen LogP contribution < -0.4 is 14.3 Å². The Kier molecular flexibility index (Phi) is 7.95. The Bertz CT molecular complexity index is 1220. The van der Waals surface area contributed by atoms with Crippen LogP contribution in [-0.4, -0.2) is 42.0 Å². The van der Waals surface area contributed by atoms with Gasteiger partial charge in [0.05, 0.1) is 23.2 Å². The lowest BCUT2D eigenvalue weighted by Gasteiger charge is -2.18. The molecule has 1 aliphatic rings. The lowest BCUT2D eigenvalue weighted by atomic mass is 10.2. The fourth-order valence-corrected chi connectivity index (χ4v) is 5.34. The van der Waals surface area contributed by atoms with Gasteiger partial charge in [-0.3, -0.25) is 9.59 Å². The lowest BCUT2D eigenvalue weighted by molar-refractivity contribution is -0.143. The van der Waals surface area contributed by atoms with Crippen molar-refractivity contribution in [2.45, 2.75) is 31.2 Å². The Hall–Kier alpha value is -2.49. The smallest absolute Gasteiger partial charge is 0.307 e. The Morgan fingerprint density at radius 3 is 2.61 bits per heavy atom. The van der Waals surface area contributed by atoms with Gasteiger partial charge in [0.2, 0.25) is 5.91 Å². The number of carbonyl (C=O) groups excluding carboxylic acids is 2. The topological polar surface area (TPSA) is 79.1 Å². The minimum absolute atomic E-state index is 0.182. The van der Waals surface area contributed by atoms with Crippen molar-refractivity contribution in [2.24, 2.45) is 4.99 Å². The zero-order chi connectivity index (χ0) is 23.2. The summed E-state index contributed by atoms with van der Waals surface area (Å²) >= 11 is 8.88. The Morgan fingerprint density at radius 1 is 1.15 bits per heavy atom. The molecular weight excluding hydrogens is 484 g/mol. The number of aryl methyl sites for hydroxylation is 1. The number of hydrogen-bond donors (Lipinski definition) is 0. The summed E-state index contributed by atoms with van der Waals surface area (Å²) in [7, 11) is 0. The predicted octanol–water partition coefficient (Wildman–Crippen LogP) is 4.69. The number of nitrogens with zero attached hydrogens (tertiary/aromatic N) is 2. The first-order valence-electron chi connectivity index (χ1n) is 10.6. The van der Waals surface area contributed by atoms with Crippen molar-refractivity contribution in [3.05, 3.63) is 46.2 Å². The minimum atomic E-state index is -0.293. The van der Waals surface area contributed by atoms with E-state index in [1.54, 1.807) is 18.7 Å². The molecule has 0 fully saturated rings. The largest absolute Gasteiger partial charge is 0.486 e. The van der Waals surface area contributed by atoms with Crippen LogP contribution in [-0.2, 0) is 20.9 Å². The molecule has 4 rings (SSSR count). The van der Waals surface area contributed by atoms with E-state index in [2.05, 4.69) is 4.99 Å². The van der Waals surface area contributed by atoms with Crippen molar-refractivity contribution in [1.82, 2.24) is 4.57 Å². The van der Waals surface area contributed by atoms with Crippen LogP contribution >= 0.6 is 34.7 Å². The van der Waals surface area contributed by atoms with E-state index in [1.165, 1.54) is 11.3 Å². The number of benzene rings is 2. The zero-order valence-electron chi connectivity index (χ0n) is 18.0. The van der Waals surface area contributed by atoms with Crippen molar-refractivity contribution < 1.29 is 23.8 Å². The summed E-state index contributed by atoms with van der Waals surface area (Å²) < 4.78 is 19.2. The quantitative estimate of drug-likeness (QED) is 0.326. The zero-order valence-corrected chi connectivity index (χ0v) is 20.4. The second-order valence-electron chi connectivity index (χ2n) is 7.11. The molecule has 1 aliphatic heterocycles. The molecule has 10 heteroatoms. The molecule has 0 unspecified atom stereocenters. The molecule has 1 amide bonds. The Labute approximate surface area is 204 Å². The van der Waals surface area contributed by atoms with E-state index in [0.717, 1.165) is 15.1 Å². The number of carbonyl (C=O) groups is 2. The average molecular weight is 507 g/mol. The molecule has 1 aromatic heterocycles. The summed E-state index contributed by atoms with van der Waals surface area (Å²) in [6.45, 7) is 3.42.